The lowest BCUT2D eigenvalue weighted by molar-refractivity contribution is -0.117. The van der Waals surface area contributed by atoms with Gasteiger partial charge in [-0.25, -0.2) is 9.59 Å². The van der Waals surface area contributed by atoms with Gasteiger partial charge in [-0.2, -0.15) is 0 Å². The Kier molecular flexibility index (Phi) is 8.41. The average Bonchev–Trinajstić information content (AvgIpc) is 3.18. The number of amides is 2. The van der Waals surface area contributed by atoms with Crippen LogP contribution in [0.3, 0.4) is 0 Å². The Morgan fingerprint density at radius 3 is 2.15 bits per heavy atom. The first-order valence-electron chi connectivity index (χ1n) is 11.0. The summed E-state index contributed by atoms with van der Waals surface area (Å²) < 4.78 is 9.58. The minimum atomic E-state index is -0.640. The molecule has 1 aromatic carbocycles. The number of ether oxygens (including phenoxy) is 2. The summed E-state index contributed by atoms with van der Waals surface area (Å²) in [5.41, 5.74) is 2.39. The molecule has 3 rings (SSSR count). The lowest BCUT2D eigenvalue weighted by Gasteiger charge is -2.34. The molecule has 9 nitrogen and oxygen atoms in total. The zero-order valence-corrected chi connectivity index (χ0v) is 20.6. The monoisotopic (exact) mass is 487 g/mol. The molecule has 182 valence electrons. The number of anilines is 1. The van der Waals surface area contributed by atoms with Gasteiger partial charge in [0.1, 0.15) is 9.88 Å². The molecule has 1 saturated heterocycles. The minimum Gasteiger partial charge on any atom is -0.465 e. The number of hydrogen-bond donors (Lipinski definition) is 1. The van der Waals surface area contributed by atoms with Crippen LogP contribution >= 0.6 is 11.3 Å². The highest BCUT2D eigenvalue weighted by Crippen LogP contribution is 2.34. The van der Waals surface area contributed by atoms with Crippen LogP contribution in [0.15, 0.2) is 24.3 Å². The van der Waals surface area contributed by atoms with E-state index in [1.807, 2.05) is 29.2 Å². The van der Waals surface area contributed by atoms with Crippen molar-refractivity contribution in [1.82, 2.24) is 9.80 Å². The summed E-state index contributed by atoms with van der Waals surface area (Å²) in [6, 6.07) is 7.64. The molecule has 1 N–H and O–H groups in total. The molecule has 1 aliphatic heterocycles. The lowest BCUT2D eigenvalue weighted by Crippen LogP contribution is -2.50. The molecule has 10 heteroatoms. The zero-order valence-electron chi connectivity index (χ0n) is 19.8. The third kappa shape index (κ3) is 5.63. The molecule has 0 unspecified atom stereocenters. The second-order valence-corrected chi connectivity index (χ2v) is 8.93. The number of nitrogens with zero attached hydrogens (tertiary/aromatic N) is 2. The van der Waals surface area contributed by atoms with E-state index >= 15 is 0 Å². The van der Waals surface area contributed by atoms with Gasteiger partial charge in [-0.15, -0.1) is 11.3 Å². The number of carbonyl (C=O) groups excluding carboxylic acids is 4. The van der Waals surface area contributed by atoms with Gasteiger partial charge in [0.15, 0.2) is 0 Å². The Morgan fingerprint density at radius 2 is 1.59 bits per heavy atom. The first-order valence-corrected chi connectivity index (χ1v) is 11.8. The molecule has 0 atom stereocenters. The standard InChI is InChI=1S/C24H29N3O6S/c1-5-16-6-8-17(9-7-16)22(29)27-12-10-26(11-13-27)14-18(28)25-21-19(23(30)32-3)15(2)20(34-21)24(31)33-4/h6-9H,5,10-14H2,1-4H3,(H,25,28). The van der Waals surface area contributed by atoms with Crippen molar-refractivity contribution in [3.8, 4) is 0 Å². The van der Waals surface area contributed by atoms with Crippen LogP contribution in [0.25, 0.3) is 0 Å². The fraction of sp³-hybridized carbons (Fsp3) is 0.417. The Morgan fingerprint density at radius 1 is 0.971 bits per heavy atom. The number of piperazine rings is 1. The molecule has 1 aliphatic rings. The fourth-order valence-electron chi connectivity index (χ4n) is 3.78. The fourth-order valence-corrected chi connectivity index (χ4v) is 4.91. The number of rotatable bonds is 7. The quantitative estimate of drug-likeness (QED) is 0.599. The van der Waals surface area contributed by atoms with Crippen molar-refractivity contribution in [3.05, 3.63) is 51.4 Å². The summed E-state index contributed by atoms with van der Waals surface area (Å²) in [6.07, 6.45) is 0.922. The molecule has 0 bridgehead atoms. The van der Waals surface area contributed by atoms with E-state index in [0.29, 0.717) is 37.3 Å². The van der Waals surface area contributed by atoms with E-state index in [9.17, 15) is 19.2 Å². The van der Waals surface area contributed by atoms with Crippen LogP contribution < -0.4 is 5.32 Å². The lowest BCUT2D eigenvalue weighted by atomic mass is 10.1. The highest BCUT2D eigenvalue weighted by Gasteiger charge is 2.28. The number of benzene rings is 1. The van der Waals surface area contributed by atoms with Crippen molar-refractivity contribution in [2.75, 3.05) is 52.3 Å². The van der Waals surface area contributed by atoms with Crippen molar-refractivity contribution in [2.45, 2.75) is 20.3 Å². The summed E-state index contributed by atoms with van der Waals surface area (Å²) in [6.45, 7) is 5.90. The number of aryl methyl sites for hydroxylation is 1. The Balaban J connectivity index is 1.59. The molecule has 0 aliphatic carbocycles. The van der Waals surface area contributed by atoms with Crippen LogP contribution in [0, 0.1) is 6.92 Å². The van der Waals surface area contributed by atoms with Gasteiger partial charge in [0.05, 0.1) is 26.3 Å². The first-order chi connectivity index (χ1) is 16.3. The molecule has 0 saturated carbocycles. The molecule has 2 heterocycles. The number of nitrogens with one attached hydrogen (secondary N) is 1. The molecule has 2 aromatic rings. The van der Waals surface area contributed by atoms with E-state index in [4.69, 9.17) is 9.47 Å². The summed E-state index contributed by atoms with van der Waals surface area (Å²) in [4.78, 5) is 53.7. The molecule has 34 heavy (non-hydrogen) atoms. The van der Waals surface area contributed by atoms with Gasteiger partial charge in [-0.3, -0.25) is 14.5 Å². The van der Waals surface area contributed by atoms with Crippen LogP contribution in [0.5, 0.6) is 0 Å². The maximum absolute atomic E-state index is 12.8. The van der Waals surface area contributed by atoms with Crippen LogP contribution in [0.4, 0.5) is 5.00 Å². The van der Waals surface area contributed by atoms with E-state index in [2.05, 4.69) is 12.2 Å². The number of thiophene rings is 1. The van der Waals surface area contributed by atoms with Crippen molar-refractivity contribution in [3.63, 3.8) is 0 Å². The Labute approximate surface area is 202 Å². The van der Waals surface area contributed by atoms with Gasteiger partial charge in [0, 0.05) is 31.7 Å². The molecular weight excluding hydrogens is 458 g/mol. The summed E-state index contributed by atoms with van der Waals surface area (Å²) >= 11 is 0.979. The van der Waals surface area contributed by atoms with E-state index in [1.54, 1.807) is 11.8 Å². The van der Waals surface area contributed by atoms with Crippen molar-refractivity contribution < 1.29 is 28.7 Å². The highest BCUT2D eigenvalue weighted by atomic mass is 32.1. The second kappa shape index (κ2) is 11.3. The Hall–Kier alpha value is -3.24. The second-order valence-electron chi connectivity index (χ2n) is 7.91. The van der Waals surface area contributed by atoms with E-state index in [0.717, 1.165) is 17.8 Å². The number of carbonyl (C=O) groups is 4. The summed E-state index contributed by atoms with van der Waals surface area (Å²) in [5.74, 6) is -1.56. The van der Waals surface area contributed by atoms with Gasteiger partial charge < -0.3 is 19.7 Å². The van der Waals surface area contributed by atoms with Gasteiger partial charge in [-0.1, -0.05) is 19.1 Å². The zero-order chi connectivity index (χ0) is 24.8. The first kappa shape index (κ1) is 25.4. The summed E-state index contributed by atoms with van der Waals surface area (Å²) in [7, 11) is 2.49. The van der Waals surface area contributed by atoms with Gasteiger partial charge in [0.25, 0.3) is 5.91 Å². The molecule has 1 fully saturated rings. The molecule has 1 aromatic heterocycles. The third-order valence-electron chi connectivity index (χ3n) is 5.80. The largest absolute Gasteiger partial charge is 0.465 e. The SMILES string of the molecule is CCc1ccc(C(=O)N2CCN(CC(=O)Nc3sc(C(=O)OC)c(C)c3C(=O)OC)CC2)cc1. The number of esters is 2. The van der Waals surface area contributed by atoms with Gasteiger partial charge in [-0.05, 0) is 36.6 Å². The van der Waals surface area contributed by atoms with Crippen LogP contribution in [-0.2, 0) is 20.7 Å². The van der Waals surface area contributed by atoms with Gasteiger partial charge in [0.2, 0.25) is 5.91 Å². The minimum absolute atomic E-state index is 0.0149. The maximum Gasteiger partial charge on any atom is 0.348 e. The van der Waals surface area contributed by atoms with Crippen molar-refractivity contribution in [2.24, 2.45) is 0 Å². The predicted molar refractivity (Wildman–Crippen MR) is 129 cm³/mol. The van der Waals surface area contributed by atoms with E-state index < -0.39 is 11.9 Å². The van der Waals surface area contributed by atoms with E-state index in [-0.39, 0.29) is 33.8 Å². The maximum atomic E-state index is 12.8. The van der Waals surface area contributed by atoms with E-state index in [1.165, 1.54) is 19.8 Å². The molecule has 2 amide bonds. The van der Waals surface area contributed by atoms with Gasteiger partial charge >= 0.3 is 11.9 Å². The summed E-state index contributed by atoms with van der Waals surface area (Å²) in [5, 5.41) is 2.98. The topological polar surface area (TPSA) is 105 Å². The smallest absolute Gasteiger partial charge is 0.348 e. The van der Waals surface area contributed by atoms with Crippen LogP contribution in [0.1, 0.15) is 48.4 Å². The molecule has 0 radical (unpaired) electrons. The average molecular weight is 488 g/mol. The third-order valence-corrected chi connectivity index (χ3v) is 6.98. The van der Waals surface area contributed by atoms with Crippen molar-refractivity contribution in [1.29, 1.82) is 0 Å². The predicted octanol–water partition coefficient (Wildman–Crippen LogP) is 2.59. The highest BCUT2D eigenvalue weighted by molar-refractivity contribution is 7.18. The number of methoxy groups -OCH3 is 2. The Bertz CT molecular complexity index is 1070. The van der Waals surface area contributed by atoms with Crippen LogP contribution in [0.2, 0.25) is 0 Å². The number of hydrogen-bond acceptors (Lipinski definition) is 8. The van der Waals surface area contributed by atoms with Crippen LogP contribution in [-0.4, -0.2) is 80.5 Å². The normalized spacial score (nSPS) is 13.9. The molecule has 0 spiro atoms. The van der Waals surface area contributed by atoms with Crippen molar-refractivity contribution >= 4 is 40.1 Å². The molecular formula is C24H29N3O6S.